The van der Waals surface area contributed by atoms with Crippen molar-refractivity contribution in [2.24, 2.45) is 5.10 Å². The van der Waals surface area contributed by atoms with Crippen molar-refractivity contribution < 1.29 is 9.21 Å². The molecule has 0 saturated carbocycles. The Hall–Kier alpha value is -2.57. The number of carbonyl (C=O) groups is 1. The van der Waals surface area contributed by atoms with Gasteiger partial charge in [-0.3, -0.25) is 9.48 Å². The molecule has 0 atom stereocenters. The summed E-state index contributed by atoms with van der Waals surface area (Å²) in [4.78, 5) is 12.1. The van der Waals surface area contributed by atoms with Gasteiger partial charge in [-0.15, -0.1) is 0 Å². The molecule has 6 nitrogen and oxygen atoms in total. The van der Waals surface area contributed by atoms with Crippen LogP contribution in [-0.2, 0) is 6.54 Å². The SMILES string of the molecule is Cc1nn(Cc2c(Cl)cccc2Cl)c(C)c1/C=N\NC(=O)c1ccoc1C. The van der Waals surface area contributed by atoms with E-state index in [2.05, 4.69) is 15.6 Å². The van der Waals surface area contributed by atoms with Gasteiger partial charge in [-0.2, -0.15) is 10.2 Å². The van der Waals surface area contributed by atoms with E-state index in [1.54, 1.807) is 37.4 Å². The Morgan fingerprint density at radius 3 is 2.59 bits per heavy atom. The summed E-state index contributed by atoms with van der Waals surface area (Å²) in [5, 5.41) is 9.76. The van der Waals surface area contributed by atoms with Crippen molar-refractivity contribution in [2.75, 3.05) is 0 Å². The molecule has 0 spiro atoms. The van der Waals surface area contributed by atoms with Crippen LogP contribution >= 0.6 is 23.2 Å². The third kappa shape index (κ3) is 4.07. The zero-order valence-corrected chi connectivity index (χ0v) is 16.6. The molecule has 0 fully saturated rings. The molecule has 3 rings (SSSR count). The smallest absolute Gasteiger partial charge is 0.274 e. The second kappa shape index (κ2) is 7.98. The van der Waals surface area contributed by atoms with Gasteiger partial charge in [-0.05, 0) is 39.0 Å². The highest BCUT2D eigenvalue weighted by Gasteiger charge is 2.14. The fourth-order valence-corrected chi connectivity index (χ4v) is 3.24. The Balaban J connectivity index is 1.78. The van der Waals surface area contributed by atoms with Crippen LogP contribution in [0, 0.1) is 20.8 Å². The maximum atomic E-state index is 12.1. The third-order valence-corrected chi connectivity index (χ3v) is 4.98. The third-order valence-electron chi connectivity index (χ3n) is 4.27. The molecule has 0 bridgehead atoms. The normalized spacial score (nSPS) is 11.3. The first-order chi connectivity index (χ1) is 12.9. The number of furan rings is 1. The summed E-state index contributed by atoms with van der Waals surface area (Å²) in [6.45, 7) is 5.96. The van der Waals surface area contributed by atoms with E-state index in [0.717, 1.165) is 22.5 Å². The molecule has 1 amide bonds. The van der Waals surface area contributed by atoms with Gasteiger partial charge in [0.2, 0.25) is 0 Å². The van der Waals surface area contributed by atoms with Gasteiger partial charge in [0.05, 0.1) is 30.3 Å². The number of benzene rings is 1. The molecule has 2 heterocycles. The molecule has 140 valence electrons. The molecule has 27 heavy (non-hydrogen) atoms. The van der Waals surface area contributed by atoms with Gasteiger partial charge >= 0.3 is 0 Å². The number of nitrogens with zero attached hydrogens (tertiary/aromatic N) is 3. The maximum Gasteiger partial charge on any atom is 0.274 e. The quantitative estimate of drug-likeness (QED) is 0.501. The minimum atomic E-state index is -0.331. The van der Waals surface area contributed by atoms with Crippen LogP contribution in [0.4, 0.5) is 0 Å². The number of amides is 1. The summed E-state index contributed by atoms with van der Waals surface area (Å²) in [7, 11) is 0. The van der Waals surface area contributed by atoms with Crippen molar-refractivity contribution in [2.45, 2.75) is 27.3 Å². The predicted octanol–water partition coefficient (Wildman–Crippen LogP) is 4.52. The van der Waals surface area contributed by atoms with Crippen LogP contribution in [0.2, 0.25) is 10.0 Å². The first kappa shape index (κ1) is 19.2. The number of aryl methyl sites for hydroxylation is 2. The second-order valence-corrected chi connectivity index (χ2v) is 6.85. The summed E-state index contributed by atoms with van der Waals surface area (Å²) in [6.07, 6.45) is 3.04. The van der Waals surface area contributed by atoms with E-state index in [1.807, 2.05) is 18.5 Å². The summed E-state index contributed by atoms with van der Waals surface area (Å²) < 4.78 is 6.93. The number of nitrogens with one attached hydrogen (secondary N) is 1. The molecule has 0 unspecified atom stereocenters. The number of halogens is 2. The van der Waals surface area contributed by atoms with Crippen LogP contribution in [0.1, 0.15) is 38.6 Å². The number of aromatic nitrogens is 2. The minimum absolute atomic E-state index is 0.331. The van der Waals surface area contributed by atoms with E-state index in [4.69, 9.17) is 27.6 Å². The number of carbonyl (C=O) groups excluding carboxylic acids is 1. The number of rotatable bonds is 5. The van der Waals surface area contributed by atoms with E-state index in [9.17, 15) is 4.79 Å². The highest BCUT2D eigenvalue weighted by Crippen LogP contribution is 2.26. The largest absolute Gasteiger partial charge is 0.469 e. The Morgan fingerprint density at radius 1 is 1.26 bits per heavy atom. The number of hydrazone groups is 1. The van der Waals surface area contributed by atoms with Gasteiger partial charge in [0.25, 0.3) is 5.91 Å². The van der Waals surface area contributed by atoms with Gasteiger partial charge in [0.1, 0.15) is 5.76 Å². The highest BCUT2D eigenvalue weighted by atomic mass is 35.5. The second-order valence-electron chi connectivity index (χ2n) is 6.03. The van der Waals surface area contributed by atoms with Gasteiger partial charge in [-0.1, -0.05) is 29.3 Å². The fourth-order valence-electron chi connectivity index (χ4n) is 2.72. The lowest BCUT2D eigenvalue weighted by Crippen LogP contribution is -2.17. The van der Waals surface area contributed by atoms with Gasteiger partial charge in [0.15, 0.2) is 0 Å². The minimum Gasteiger partial charge on any atom is -0.469 e. The van der Waals surface area contributed by atoms with Gasteiger partial charge in [0, 0.05) is 26.9 Å². The summed E-state index contributed by atoms with van der Waals surface area (Å²) in [5.41, 5.74) is 6.25. The van der Waals surface area contributed by atoms with Crippen LogP contribution in [0.25, 0.3) is 0 Å². The lowest BCUT2D eigenvalue weighted by molar-refractivity contribution is 0.0953. The molecule has 0 saturated heterocycles. The Bertz CT molecular complexity index is 1000. The summed E-state index contributed by atoms with van der Waals surface area (Å²) in [6, 6.07) is 6.99. The lowest BCUT2D eigenvalue weighted by Gasteiger charge is -2.08. The average molecular weight is 405 g/mol. The Morgan fingerprint density at radius 2 is 1.96 bits per heavy atom. The van der Waals surface area contributed by atoms with E-state index in [0.29, 0.717) is 27.9 Å². The lowest BCUT2D eigenvalue weighted by atomic mass is 10.2. The molecule has 1 N–H and O–H groups in total. The molecule has 3 aromatic rings. The van der Waals surface area contributed by atoms with Crippen LogP contribution in [0.15, 0.2) is 40.0 Å². The van der Waals surface area contributed by atoms with Crippen LogP contribution in [-0.4, -0.2) is 21.9 Å². The van der Waals surface area contributed by atoms with Crippen LogP contribution in [0.3, 0.4) is 0 Å². The molecule has 8 heteroatoms. The van der Waals surface area contributed by atoms with Crippen LogP contribution in [0.5, 0.6) is 0 Å². The number of hydrogen-bond acceptors (Lipinski definition) is 4. The van der Waals surface area contributed by atoms with Gasteiger partial charge < -0.3 is 4.42 Å². The van der Waals surface area contributed by atoms with Crippen molar-refractivity contribution in [1.29, 1.82) is 0 Å². The monoisotopic (exact) mass is 404 g/mol. The zero-order valence-electron chi connectivity index (χ0n) is 15.1. The average Bonchev–Trinajstić information content (AvgIpc) is 3.16. The number of hydrogen-bond donors (Lipinski definition) is 1. The summed E-state index contributed by atoms with van der Waals surface area (Å²) >= 11 is 12.5. The predicted molar refractivity (Wildman–Crippen MR) is 106 cm³/mol. The van der Waals surface area contributed by atoms with Crippen molar-refractivity contribution >= 4 is 35.3 Å². The van der Waals surface area contributed by atoms with Gasteiger partial charge in [-0.25, -0.2) is 5.43 Å². The summed E-state index contributed by atoms with van der Waals surface area (Å²) in [5.74, 6) is 0.211. The van der Waals surface area contributed by atoms with Crippen molar-refractivity contribution in [3.8, 4) is 0 Å². The van der Waals surface area contributed by atoms with Crippen molar-refractivity contribution in [1.82, 2.24) is 15.2 Å². The topological polar surface area (TPSA) is 72.4 Å². The van der Waals surface area contributed by atoms with Crippen LogP contribution < -0.4 is 5.43 Å². The van der Waals surface area contributed by atoms with E-state index in [1.165, 1.54) is 6.26 Å². The highest BCUT2D eigenvalue weighted by molar-refractivity contribution is 6.35. The van der Waals surface area contributed by atoms with E-state index >= 15 is 0 Å². The Labute approximate surface area is 166 Å². The molecular formula is C19H18Cl2N4O2. The fraction of sp³-hybridized carbons (Fsp3) is 0.211. The molecule has 0 aliphatic carbocycles. The molecule has 0 aliphatic heterocycles. The zero-order chi connectivity index (χ0) is 19.6. The Kier molecular flexibility index (Phi) is 5.68. The van der Waals surface area contributed by atoms with Crippen molar-refractivity contribution in [3.05, 3.63) is 74.4 Å². The molecular weight excluding hydrogens is 387 g/mol. The molecule has 2 aromatic heterocycles. The molecule has 1 aromatic carbocycles. The first-order valence-corrected chi connectivity index (χ1v) is 8.98. The van der Waals surface area contributed by atoms with E-state index < -0.39 is 0 Å². The first-order valence-electron chi connectivity index (χ1n) is 8.23. The van der Waals surface area contributed by atoms with Crippen molar-refractivity contribution in [3.63, 3.8) is 0 Å². The molecule has 0 aliphatic rings. The van der Waals surface area contributed by atoms with E-state index in [-0.39, 0.29) is 5.91 Å². The molecule has 0 radical (unpaired) electrons. The maximum absolute atomic E-state index is 12.1. The standard InChI is InChI=1S/C19H18Cl2N4O2/c1-11-15(9-22-23-19(26)14-7-8-27-13(14)3)12(2)25(24-11)10-16-17(20)5-4-6-18(16)21/h4-9H,10H2,1-3H3,(H,23,26)/b22-9-.